The van der Waals surface area contributed by atoms with Crippen LogP contribution in [0.3, 0.4) is 0 Å². The second-order valence-corrected chi connectivity index (χ2v) is 5.51. The minimum absolute atomic E-state index is 0.245. The molecule has 0 fully saturated rings. The lowest BCUT2D eigenvalue weighted by Crippen LogP contribution is -2.35. The molecule has 0 aliphatic rings. The predicted molar refractivity (Wildman–Crippen MR) is 79.8 cm³/mol. The largest absolute Gasteiger partial charge is 0.381 e. The summed E-state index contributed by atoms with van der Waals surface area (Å²) in [5, 5.41) is 7.58. The van der Waals surface area contributed by atoms with Crippen LogP contribution < -0.4 is 5.32 Å². The first-order valence-electron chi connectivity index (χ1n) is 7.73. The molecule has 20 heavy (non-hydrogen) atoms. The van der Waals surface area contributed by atoms with Crippen LogP contribution in [0.1, 0.15) is 58.7 Å². The minimum atomic E-state index is 0.245. The van der Waals surface area contributed by atoms with Gasteiger partial charge in [0.2, 0.25) is 5.89 Å². The molecule has 1 aromatic rings. The fourth-order valence-electron chi connectivity index (χ4n) is 2.39. The lowest BCUT2D eigenvalue weighted by Gasteiger charge is -2.24. The number of hydrogen-bond acceptors (Lipinski definition) is 5. The summed E-state index contributed by atoms with van der Waals surface area (Å²) in [4.78, 5) is 4.54. The number of nitrogens with one attached hydrogen (secondary N) is 1. The van der Waals surface area contributed by atoms with Crippen LogP contribution in [0.25, 0.3) is 0 Å². The highest BCUT2D eigenvalue weighted by molar-refractivity contribution is 5.00. The second kappa shape index (κ2) is 9.08. The summed E-state index contributed by atoms with van der Waals surface area (Å²) in [5.41, 5.74) is 0. The van der Waals surface area contributed by atoms with Crippen LogP contribution in [-0.4, -0.2) is 35.9 Å². The third-order valence-electron chi connectivity index (χ3n) is 3.42. The van der Waals surface area contributed by atoms with Gasteiger partial charge in [0, 0.05) is 19.1 Å². The van der Waals surface area contributed by atoms with Crippen LogP contribution in [0.5, 0.6) is 0 Å². The molecule has 2 atom stereocenters. The number of nitrogens with zero attached hydrogens (tertiary/aromatic N) is 2. The standard InChI is InChI=1S/C15H29N3O2/c1-6-9-16-12(5)14(11(3)4)15-17-13(18-20-15)8-10-19-7-2/h11-12,14,16H,6-10H2,1-5H3. The highest BCUT2D eigenvalue weighted by Gasteiger charge is 2.27. The second-order valence-electron chi connectivity index (χ2n) is 5.51. The molecule has 0 aliphatic heterocycles. The van der Waals surface area contributed by atoms with E-state index in [-0.39, 0.29) is 5.92 Å². The fraction of sp³-hybridized carbons (Fsp3) is 0.867. The van der Waals surface area contributed by atoms with Crippen molar-refractivity contribution in [2.75, 3.05) is 19.8 Å². The molecule has 0 aliphatic carbocycles. The number of aromatic nitrogens is 2. The number of rotatable bonds is 10. The van der Waals surface area contributed by atoms with Gasteiger partial charge in [0.1, 0.15) is 0 Å². The van der Waals surface area contributed by atoms with Gasteiger partial charge in [-0.1, -0.05) is 25.9 Å². The van der Waals surface area contributed by atoms with E-state index in [4.69, 9.17) is 9.26 Å². The molecule has 0 saturated heterocycles. The van der Waals surface area contributed by atoms with Crippen molar-refractivity contribution in [3.63, 3.8) is 0 Å². The molecule has 0 amide bonds. The fourth-order valence-corrected chi connectivity index (χ4v) is 2.39. The van der Waals surface area contributed by atoms with Gasteiger partial charge in [-0.2, -0.15) is 4.98 Å². The van der Waals surface area contributed by atoms with Crippen LogP contribution in [0.4, 0.5) is 0 Å². The minimum Gasteiger partial charge on any atom is -0.381 e. The van der Waals surface area contributed by atoms with E-state index in [2.05, 4.69) is 43.2 Å². The van der Waals surface area contributed by atoms with Crippen LogP contribution in [0, 0.1) is 5.92 Å². The molecule has 0 saturated carbocycles. The van der Waals surface area contributed by atoms with E-state index in [9.17, 15) is 0 Å². The average Bonchev–Trinajstić information content (AvgIpc) is 2.85. The van der Waals surface area contributed by atoms with Crippen molar-refractivity contribution in [2.45, 2.75) is 59.4 Å². The highest BCUT2D eigenvalue weighted by atomic mass is 16.5. The van der Waals surface area contributed by atoms with E-state index >= 15 is 0 Å². The Labute approximate surface area is 122 Å². The smallest absolute Gasteiger partial charge is 0.231 e. The van der Waals surface area contributed by atoms with Gasteiger partial charge in [0.05, 0.1) is 12.5 Å². The molecule has 1 rings (SSSR count). The first-order valence-corrected chi connectivity index (χ1v) is 7.73. The molecular weight excluding hydrogens is 254 g/mol. The lowest BCUT2D eigenvalue weighted by atomic mass is 9.89. The summed E-state index contributed by atoms with van der Waals surface area (Å²) in [5.74, 6) is 2.17. The maximum Gasteiger partial charge on any atom is 0.231 e. The third kappa shape index (κ3) is 5.21. The third-order valence-corrected chi connectivity index (χ3v) is 3.42. The molecule has 1 N–H and O–H groups in total. The average molecular weight is 283 g/mol. The van der Waals surface area contributed by atoms with Crippen LogP contribution in [0.2, 0.25) is 0 Å². The van der Waals surface area contributed by atoms with E-state index in [1.807, 2.05) is 6.92 Å². The summed E-state index contributed by atoms with van der Waals surface area (Å²) in [6.07, 6.45) is 1.83. The molecule has 0 spiro atoms. The first-order chi connectivity index (χ1) is 9.60. The van der Waals surface area contributed by atoms with Crippen molar-refractivity contribution in [1.29, 1.82) is 0 Å². The Hall–Kier alpha value is -0.940. The van der Waals surface area contributed by atoms with E-state index < -0.39 is 0 Å². The van der Waals surface area contributed by atoms with Gasteiger partial charge in [-0.25, -0.2) is 0 Å². The summed E-state index contributed by atoms with van der Waals surface area (Å²) in [7, 11) is 0. The summed E-state index contributed by atoms with van der Waals surface area (Å²) in [6.45, 7) is 13.1. The normalized spacial score (nSPS) is 14.7. The van der Waals surface area contributed by atoms with Crippen molar-refractivity contribution in [3.8, 4) is 0 Å². The van der Waals surface area contributed by atoms with Crippen molar-refractivity contribution in [1.82, 2.24) is 15.5 Å². The predicted octanol–water partition coefficient (Wildman–Crippen LogP) is 2.78. The Morgan fingerprint density at radius 3 is 2.60 bits per heavy atom. The maximum absolute atomic E-state index is 5.46. The molecule has 2 unspecified atom stereocenters. The van der Waals surface area contributed by atoms with Gasteiger partial charge >= 0.3 is 0 Å². The van der Waals surface area contributed by atoms with E-state index in [1.165, 1.54) is 0 Å². The van der Waals surface area contributed by atoms with Gasteiger partial charge in [-0.3, -0.25) is 0 Å². The van der Waals surface area contributed by atoms with Crippen LogP contribution in [-0.2, 0) is 11.2 Å². The molecular formula is C15H29N3O2. The van der Waals surface area contributed by atoms with Crippen molar-refractivity contribution in [3.05, 3.63) is 11.7 Å². The molecule has 5 nitrogen and oxygen atoms in total. The van der Waals surface area contributed by atoms with Crippen molar-refractivity contribution < 1.29 is 9.26 Å². The Kier molecular flexibility index (Phi) is 7.77. The zero-order valence-corrected chi connectivity index (χ0v) is 13.5. The quantitative estimate of drug-likeness (QED) is 0.669. The first kappa shape index (κ1) is 17.1. The lowest BCUT2D eigenvalue weighted by molar-refractivity contribution is 0.149. The van der Waals surface area contributed by atoms with Gasteiger partial charge in [0.15, 0.2) is 5.82 Å². The molecule has 5 heteroatoms. The number of ether oxygens (including phenoxy) is 1. The Morgan fingerprint density at radius 2 is 2.00 bits per heavy atom. The van der Waals surface area contributed by atoms with Crippen LogP contribution in [0.15, 0.2) is 4.52 Å². The Bertz CT molecular complexity index is 366. The van der Waals surface area contributed by atoms with Crippen LogP contribution >= 0.6 is 0 Å². The zero-order chi connectivity index (χ0) is 15.0. The summed E-state index contributed by atoms with van der Waals surface area (Å²) in [6, 6.07) is 0.329. The Morgan fingerprint density at radius 1 is 1.25 bits per heavy atom. The highest BCUT2D eigenvalue weighted by Crippen LogP contribution is 2.26. The van der Waals surface area contributed by atoms with Crippen molar-refractivity contribution >= 4 is 0 Å². The van der Waals surface area contributed by atoms with E-state index in [0.717, 1.165) is 31.3 Å². The van der Waals surface area contributed by atoms with E-state index in [1.54, 1.807) is 0 Å². The molecule has 1 heterocycles. The van der Waals surface area contributed by atoms with Gasteiger partial charge < -0.3 is 14.6 Å². The van der Waals surface area contributed by atoms with Gasteiger partial charge in [-0.05, 0) is 32.7 Å². The molecule has 0 bridgehead atoms. The van der Waals surface area contributed by atoms with Gasteiger partial charge in [-0.15, -0.1) is 0 Å². The van der Waals surface area contributed by atoms with Crippen molar-refractivity contribution in [2.24, 2.45) is 5.92 Å². The molecule has 116 valence electrons. The molecule has 0 radical (unpaired) electrons. The summed E-state index contributed by atoms with van der Waals surface area (Å²) >= 11 is 0. The SMILES string of the molecule is CCCNC(C)C(c1nc(CCOCC)no1)C(C)C. The van der Waals surface area contributed by atoms with Gasteiger partial charge in [0.25, 0.3) is 0 Å². The Balaban J connectivity index is 2.67. The molecule has 1 aromatic heterocycles. The monoisotopic (exact) mass is 283 g/mol. The molecule has 0 aromatic carbocycles. The van der Waals surface area contributed by atoms with E-state index in [0.29, 0.717) is 25.0 Å². The zero-order valence-electron chi connectivity index (χ0n) is 13.5. The maximum atomic E-state index is 5.46. The number of hydrogen-bond donors (Lipinski definition) is 1. The topological polar surface area (TPSA) is 60.2 Å². The summed E-state index contributed by atoms with van der Waals surface area (Å²) < 4.78 is 10.8.